The summed E-state index contributed by atoms with van der Waals surface area (Å²) in [5.41, 5.74) is 1.48. The van der Waals surface area contributed by atoms with Crippen molar-refractivity contribution < 1.29 is 22.7 Å². The molecule has 0 saturated carbocycles. The van der Waals surface area contributed by atoms with E-state index in [-0.39, 0.29) is 23.3 Å². The largest absolute Gasteiger partial charge is 0.497 e. The number of nitrogens with zero attached hydrogens (tertiary/aromatic N) is 2. The number of hydrogen-bond donors (Lipinski definition) is 1. The molecule has 3 aromatic rings. The Morgan fingerprint density at radius 1 is 0.886 bits per heavy atom. The monoisotopic (exact) mass is 493 g/mol. The van der Waals surface area contributed by atoms with E-state index in [0.717, 1.165) is 31.5 Å². The number of likely N-dealkylation sites (tertiary alicyclic amines) is 1. The fourth-order valence-electron chi connectivity index (χ4n) is 4.80. The molecule has 2 aliphatic heterocycles. The van der Waals surface area contributed by atoms with Crippen molar-refractivity contribution in [2.75, 3.05) is 33.3 Å². The van der Waals surface area contributed by atoms with Gasteiger partial charge in [0.1, 0.15) is 5.75 Å². The van der Waals surface area contributed by atoms with Gasteiger partial charge in [0.25, 0.3) is 11.8 Å². The van der Waals surface area contributed by atoms with Gasteiger partial charge in [-0.05, 0) is 61.8 Å². The molecule has 0 aliphatic carbocycles. The molecule has 0 spiro atoms. The average Bonchev–Trinajstić information content (AvgIpc) is 3.39. The van der Waals surface area contributed by atoms with Crippen molar-refractivity contribution >= 4 is 32.6 Å². The van der Waals surface area contributed by atoms with Crippen LogP contribution in [0.25, 0.3) is 10.8 Å². The van der Waals surface area contributed by atoms with Gasteiger partial charge < -0.3 is 9.64 Å². The van der Waals surface area contributed by atoms with Crippen molar-refractivity contribution in [1.82, 2.24) is 14.5 Å². The lowest BCUT2D eigenvalue weighted by molar-refractivity contribution is 0.0597. The van der Waals surface area contributed by atoms with Crippen molar-refractivity contribution in [1.29, 1.82) is 0 Å². The fraction of sp³-hybridized carbons (Fsp3) is 0.308. The number of carbonyl (C=O) groups excluding carboxylic acids is 2. The van der Waals surface area contributed by atoms with E-state index in [9.17, 15) is 18.0 Å². The van der Waals surface area contributed by atoms with Gasteiger partial charge in [-0.1, -0.05) is 24.3 Å². The van der Waals surface area contributed by atoms with E-state index in [1.54, 1.807) is 49.6 Å². The van der Waals surface area contributed by atoms with Gasteiger partial charge >= 0.3 is 0 Å². The Hall–Kier alpha value is -3.27. The third-order valence-electron chi connectivity index (χ3n) is 6.71. The Balaban J connectivity index is 1.44. The van der Waals surface area contributed by atoms with Gasteiger partial charge in [0.2, 0.25) is 10.0 Å². The maximum absolute atomic E-state index is 13.3. The Morgan fingerprint density at radius 2 is 1.57 bits per heavy atom. The number of hydrogen-bond acceptors (Lipinski definition) is 6. The average molecular weight is 494 g/mol. The zero-order chi connectivity index (χ0) is 24.6. The van der Waals surface area contributed by atoms with E-state index in [2.05, 4.69) is 9.62 Å². The first-order valence-electron chi connectivity index (χ1n) is 11.7. The number of carbonyl (C=O) groups is 2. The van der Waals surface area contributed by atoms with Crippen LogP contribution in [0.2, 0.25) is 0 Å². The summed E-state index contributed by atoms with van der Waals surface area (Å²) in [5, 5.41) is 0.760. The van der Waals surface area contributed by atoms with Crippen LogP contribution >= 0.6 is 0 Å². The second kappa shape index (κ2) is 9.41. The molecular weight excluding hydrogens is 466 g/mol. The van der Waals surface area contributed by atoms with Crippen molar-refractivity contribution in [2.45, 2.75) is 24.3 Å². The molecule has 2 aliphatic rings. The Kier molecular flexibility index (Phi) is 6.31. The van der Waals surface area contributed by atoms with E-state index >= 15 is 0 Å². The highest BCUT2D eigenvalue weighted by molar-refractivity contribution is 7.89. The van der Waals surface area contributed by atoms with Crippen LogP contribution in [-0.4, -0.2) is 63.3 Å². The molecule has 5 rings (SSSR count). The van der Waals surface area contributed by atoms with Gasteiger partial charge in [0, 0.05) is 41.5 Å². The lowest BCUT2D eigenvalue weighted by Gasteiger charge is -2.29. The standard InChI is InChI=1S/C26H27N3O5S/c1-34-19-9-7-18(8-10-19)17-27-35(32,33)23-12-11-22-24-20(23)5-4-6-21(24)25(30)29(26(22)31)16-15-28-13-2-3-14-28/h4-12,27H,2-3,13-17H2,1H3. The molecule has 0 atom stereocenters. The van der Waals surface area contributed by atoms with Gasteiger partial charge in [-0.2, -0.15) is 0 Å². The molecule has 9 heteroatoms. The van der Waals surface area contributed by atoms with Crippen LogP contribution in [0.3, 0.4) is 0 Å². The number of sulfonamides is 1. The fourth-order valence-corrected chi connectivity index (χ4v) is 6.02. The SMILES string of the molecule is COc1ccc(CNS(=O)(=O)c2ccc3c4c(cccc24)C(=O)N(CCN2CCCC2)C3=O)cc1. The number of rotatable bonds is 8. The van der Waals surface area contributed by atoms with Crippen LogP contribution in [0.15, 0.2) is 59.5 Å². The maximum Gasteiger partial charge on any atom is 0.261 e. The minimum atomic E-state index is -3.91. The van der Waals surface area contributed by atoms with Crippen LogP contribution in [0.5, 0.6) is 5.75 Å². The molecule has 1 saturated heterocycles. The van der Waals surface area contributed by atoms with Crippen LogP contribution in [0, 0.1) is 0 Å². The molecule has 8 nitrogen and oxygen atoms in total. The van der Waals surface area contributed by atoms with Gasteiger partial charge in [0.15, 0.2) is 0 Å². The van der Waals surface area contributed by atoms with Crippen LogP contribution in [0.1, 0.15) is 39.1 Å². The summed E-state index contributed by atoms with van der Waals surface area (Å²) in [6.45, 7) is 3.01. The number of nitrogens with one attached hydrogen (secondary N) is 1. The second-order valence-electron chi connectivity index (χ2n) is 8.82. The summed E-state index contributed by atoms with van der Waals surface area (Å²) >= 11 is 0. The van der Waals surface area contributed by atoms with Crippen molar-refractivity contribution in [2.24, 2.45) is 0 Å². The van der Waals surface area contributed by atoms with Crippen molar-refractivity contribution in [3.05, 3.63) is 71.3 Å². The molecule has 1 N–H and O–H groups in total. The van der Waals surface area contributed by atoms with E-state index in [1.807, 2.05) is 0 Å². The summed E-state index contributed by atoms with van der Waals surface area (Å²) in [5.74, 6) is -0.0787. The van der Waals surface area contributed by atoms with E-state index < -0.39 is 10.0 Å². The lowest BCUT2D eigenvalue weighted by Crippen LogP contribution is -2.44. The minimum absolute atomic E-state index is 0.0396. The molecule has 2 amide bonds. The molecule has 1 fully saturated rings. The number of ether oxygens (including phenoxy) is 1. The molecule has 35 heavy (non-hydrogen) atoms. The van der Waals surface area contributed by atoms with Crippen molar-refractivity contribution in [3.63, 3.8) is 0 Å². The van der Waals surface area contributed by atoms with E-state index in [1.165, 1.54) is 17.0 Å². The van der Waals surface area contributed by atoms with Crippen LogP contribution in [-0.2, 0) is 16.6 Å². The molecule has 0 bridgehead atoms. The van der Waals surface area contributed by atoms with Crippen molar-refractivity contribution in [3.8, 4) is 5.75 Å². The first kappa shape index (κ1) is 23.5. The van der Waals surface area contributed by atoms with Gasteiger partial charge in [0.05, 0.1) is 12.0 Å². The number of methoxy groups -OCH3 is 1. The Morgan fingerprint density at radius 3 is 2.26 bits per heavy atom. The highest BCUT2D eigenvalue weighted by atomic mass is 32.2. The summed E-state index contributed by atoms with van der Waals surface area (Å²) in [7, 11) is -2.34. The molecule has 0 aromatic heterocycles. The first-order valence-corrected chi connectivity index (χ1v) is 13.1. The van der Waals surface area contributed by atoms with E-state index in [4.69, 9.17) is 4.74 Å². The number of amides is 2. The molecule has 182 valence electrons. The first-order chi connectivity index (χ1) is 16.9. The van der Waals surface area contributed by atoms with Gasteiger partial charge in [-0.25, -0.2) is 13.1 Å². The smallest absolute Gasteiger partial charge is 0.261 e. The quantitative estimate of drug-likeness (QED) is 0.485. The van der Waals surface area contributed by atoms with Gasteiger partial charge in [-0.15, -0.1) is 0 Å². The van der Waals surface area contributed by atoms with E-state index in [0.29, 0.717) is 40.7 Å². The topological polar surface area (TPSA) is 96.0 Å². The highest BCUT2D eigenvalue weighted by Crippen LogP contribution is 2.34. The predicted molar refractivity (Wildman–Crippen MR) is 132 cm³/mol. The van der Waals surface area contributed by atoms with Gasteiger partial charge in [-0.3, -0.25) is 14.5 Å². The Bertz CT molecular complexity index is 1370. The Labute approximate surface area is 204 Å². The summed E-state index contributed by atoms with van der Waals surface area (Å²) in [6, 6.07) is 15.0. The van der Waals surface area contributed by atoms with Crippen LogP contribution < -0.4 is 9.46 Å². The zero-order valence-corrected chi connectivity index (χ0v) is 20.3. The maximum atomic E-state index is 13.3. The summed E-state index contributed by atoms with van der Waals surface area (Å²) in [4.78, 5) is 30.1. The molecule has 0 unspecified atom stereocenters. The summed E-state index contributed by atoms with van der Waals surface area (Å²) in [6.07, 6.45) is 2.27. The number of imide groups is 1. The molecule has 3 aromatic carbocycles. The minimum Gasteiger partial charge on any atom is -0.497 e. The van der Waals surface area contributed by atoms with Crippen LogP contribution in [0.4, 0.5) is 0 Å². The molecule has 0 radical (unpaired) electrons. The number of benzene rings is 3. The third-order valence-corrected chi connectivity index (χ3v) is 8.16. The normalized spacial score (nSPS) is 16.3. The zero-order valence-electron chi connectivity index (χ0n) is 19.5. The molecular formula is C26H27N3O5S. The lowest BCUT2D eigenvalue weighted by atomic mass is 9.94. The second-order valence-corrected chi connectivity index (χ2v) is 10.6. The predicted octanol–water partition coefficient (Wildman–Crippen LogP) is 3.02. The molecule has 2 heterocycles. The third kappa shape index (κ3) is 4.42. The highest BCUT2D eigenvalue weighted by Gasteiger charge is 2.34. The summed E-state index contributed by atoms with van der Waals surface area (Å²) < 4.78 is 34.2.